The lowest BCUT2D eigenvalue weighted by Crippen LogP contribution is -2.49. The number of halogens is 3. The van der Waals surface area contributed by atoms with Crippen molar-refractivity contribution in [2.24, 2.45) is 0 Å². The lowest BCUT2D eigenvalue weighted by atomic mass is 9.93. The number of piperazine rings is 1. The molecule has 0 radical (unpaired) electrons. The van der Waals surface area contributed by atoms with Crippen LogP contribution in [0.2, 0.25) is 0 Å². The van der Waals surface area contributed by atoms with Gasteiger partial charge in [-0.05, 0) is 65.3 Å². The molecule has 5 rings (SSSR count). The van der Waals surface area contributed by atoms with E-state index in [2.05, 4.69) is 21.3 Å². The zero-order valence-electron chi connectivity index (χ0n) is 22.3. The van der Waals surface area contributed by atoms with Gasteiger partial charge in [0.25, 0.3) is 0 Å². The van der Waals surface area contributed by atoms with E-state index in [-0.39, 0.29) is 5.91 Å². The molecule has 0 saturated carbocycles. The fourth-order valence-electron chi connectivity index (χ4n) is 5.77. The monoisotopic (exact) mass is 550 g/mol. The van der Waals surface area contributed by atoms with E-state index in [4.69, 9.17) is 0 Å². The Labute approximate surface area is 232 Å². The van der Waals surface area contributed by atoms with Crippen LogP contribution in [0.4, 0.5) is 13.2 Å². The summed E-state index contributed by atoms with van der Waals surface area (Å²) in [6, 6.07) is 17.1. The van der Waals surface area contributed by atoms with Crippen molar-refractivity contribution >= 4 is 11.8 Å². The summed E-state index contributed by atoms with van der Waals surface area (Å²) < 4.78 is 38.3. The average molecular weight is 551 g/mol. The molecule has 210 valence electrons. The number of carbonyl (C=O) groups excluding carboxylic acids is 2. The van der Waals surface area contributed by atoms with E-state index in [0.717, 1.165) is 85.4 Å². The number of pyridine rings is 1. The van der Waals surface area contributed by atoms with E-state index < -0.39 is 24.5 Å². The van der Waals surface area contributed by atoms with Crippen LogP contribution in [0.25, 0.3) is 11.1 Å². The van der Waals surface area contributed by atoms with Crippen molar-refractivity contribution < 1.29 is 22.8 Å². The molecule has 1 aliphatic heterocycles. The highest BCUT2D eigenvalue weighted by Crippen LogP contribution is 2.46. The lowest BCUT2D eigenvalue weighted by Gasteiger charge is -2.34. The van der Waals surface area contributed by atoms with Gasteiger partial charge in [0.05, 0.1) is 12.3 Å². The molecule has 6 nitrogen and oxygen atoms in total. The molecule has 1 saturated heterocycles. The first-order valence-corrected chi connectivity index (χ1v) is 13.7. The molecule has 9 heteroatoms. The van der Waals surface area contributed by atoms with Crippen LogP contribution in [0, 0.1) is 0 Å². The van der Waals surface area contributed by atoms with E-state index in [1.54, 1.807) is 12.4 Å². The van der Waals surface area contributed by atoms with Crippen molar-refractivity contribution in [1.82, 2.24) is 20.1 Å². The third kappa shape index (κ3) is 6.53. The number of aryl methyl sites for hydroxylation is 1. The number of benzene rings is 2. The summed E-state index contributed by atoms with van der Waals surface area (Å²) in [4.78, 5) is 33.9. The van der Waals surface area contributed by atoms with Crippen LogP contribution in [-0.4, -0.2) is 72.0 Å². The average Bonchev–Trinajstić information content (AvgIpc) is 3.30. The second-order valence-corrected chi connectivity index (χ2v) is 10.5. The Morgan fingerprint density at radius 2 is 1.70 bits per heavy atom. The minimum absolute atomic E-state index is 0.135. The maximum atomic E-state index is 12.9. The molecule has 0 spiro atoms. The van der Waals surface area contributed by atoms with Crippen molar-refractivity contribution in [2.75, 3.05) is 39.3 Å². The number of carbonyl (C=O) groups is 2. The predicted octanol–water partition coefficient (Wildman–Crippen LogP) is 4.58. The summed E-state index contributed by atoms with van der Waals surface area (Å²) in [5.74, 6) is -1.24. The Hall–Kier alpha value is -3.72. The number of amides is 2. The Bertz CT molecular complexity index is 1340. The highest BCUT2D eigenvalue weighted by Gasteiger charge is 2.37. The van der Waals surface area contributed by atoms with Crippen molar-refractivity contribution in [2.45, 2.75) is 37.8 Å². The third-order valence-corrected chi connectivity index (χ3v) is 7.73. The van der Waals surface area contributed by atoms with Crippen molar-refractivity contribution in [3.05, 3.63) is 89.2 Å². The second kappa shape index (κ2) is 12.2. The summed E-state index contributed by atoms with van der Waals surface area (Å²) >= 11 is 0. The fourth-order valence-corrected chi connectivity index (χ4v) is 5.77. The highest BCUT2D eigenvalue weighted by molar-refractivity contribution is 5.97. The molecular weight excluding hydrogens is 517 g/mol. The minimum atomic E-state index is -4.46. The molecule has 1 aromatic heterocycles. The summed E-state index contributed by atoms with van der Waals surface area (Å²) in [7, 11) is 0. The largest absolute Gasteiger partial charge is 0.405 e. The number of alkyl halides is 3. The van der Waals surface area contributed by atoms with E-state index in [9.17, 15) is 22.8 Å². The first-order chi connectivity index (χ1) is 19.3. The molecule has 2 aliphatic rings. The standard InChI is InChI=1S/C31H33F3N4O2/c32-31(33,34)21-36-30(40)29-25-11-2-1-10-24(25)28-23(9-5-12-26(28)29)8-3-4-14-37-15-17-38(18-16-37)27(39)19-22-7-6-13-35-20-22/h1-2,5-7,9-13,20,29H,3-4,8,14-19,21H2,(H,36,40). The van der Waals surface area contributed by atoms with Gasteiger partial charge in [-0.3, -0.25) is 19.5 Å². The molecule has 1 unspecified atom stereocenters. The van der Waals surface area contributed by atoms with Gasteiger partial charge in [0.1, 0.15) is 6.54 Å². The maximum absolute atomic E-state index is 12.9. The van der Waals surface area contributed by atoms with Gasteiger partial charge >= 0.3 is 6.18 Å². The number of rotatable bonds is 9. The molecule has 3 aromatic rings. The van der Waals surface area contributed by atoms with Crippen LogP contribution in [0.3, 0.4) is 0 Å². The zero-order valence-corrected chi connectivity index (χ0v) is 22.3. The SMILES string of the molecule is O=C(NCC(F)(F)F)C1c2ccccc2-c2c(CCCCN3CCN(C(=O)Cc4cccnc4)CC3)cccc21. The van der Waals surface area contributed by atoms with Crippen LogP contribution in [-0.2, 0) is 22.4 Å². The van der Waals surface area contributed by atoms with Gasteiger partial charge in [-0.1, -0.05) is 48.5 Å². The van der Waals surface area contributed by atoms with Crippen molar-refractivity contribution in [3.63, 3.8) is 0 Å². The number of hydrogen-bond donors (Lipinski definition) is 1. The van der Waals surface area contributed by atoms with Gasteiger partial charge in [0.2, 0.25) is 11.8 Å². The number of nitrogens with one attached hydrogen (secondary N) is 1. The molecule has 2 heterocycles. The number of hydrogen-bond acceptors (Lipinski definition) is 4. The molecule has 1 aliphatic carbocycles. The number of nitrogens with zero attached hydrogens (tertiary/aromatic N) is 3. The number of aromatic nitrogens is 1. The van der Waals surface area contributed by atoms with Crippen LogP contribution in [0.15, 0.2) is 67.0 Å². The molecule has 1 N–H and O–H groups in total. The van der Waals surface area contributed by atoms with E-state index in [0.29, 0.717) is 6.42 Å². The summed E-state index contributed by atoms with van der Waals surface area (Å²) in [6.45, 7) is 2.74. The van der Waals surface area contributed by atoms with Crippen molar-refractivity contribution in [1.29, 1.82) is 0 Å². The van der Waals surface area contributed by atoms with Gasteiger partial charge in [0.15, 0.2) is 0 Å². The second-order valence-electron chi connectivity index (χ2n) is 10.5. The zero-order chi connectivity index (χ0) is 28.1. The van der Waals surface area contributed by atoms with Crippen LogP contribution in [0.5, 0.6) is 0 Å². The van der Waals surface area contributed by atoms with Crippen molar-refractivity contribution in [3.8, 4) is 11.1 Å². The predicted molar refractivity (Wildman–Crippen MR) is 147 cm³/mol. The Balaban J connectivity index is 1.15. The highest BCUT2D eigenvalue weighted by atomic mass is 19.4. The van der Waals surface area contributed by atoms with E-state index in [1.165, 1.54) is 0 Å². The summed E-state index contributed by atoms with van der Waals surface area (Å²) in [5.41, 5.74) is 5.46. The van der Waals surface area contributed by atoms with Crippen LogP contribution < -0.4 is 5.32 Å². The molecule has 1 atom stereocenters. The first kappa shape index (κ1) is 27.8. The maximum Gasteiger partial charge on any atom is 0.405 e. The van der Waals surface area contributed by atoms with Gasteiger partial charge in [0, 0.05) is 38.6 Å². The molecule has 40 heavy (non-hydrogen) atoms. The molecule has 1 fully saturated rings. The molecule has 0 bridgehead atoms. The van der Waals surface area contributed by atoms with E-state index >= 15 is 0 Å². The normalized spacial score (nSPS) is 16.9. The quantitative estimate of drug-likeness (QED) is 0.396. The fraction of sp³-hybridized carbons (Fsp3) is 0.387. The Morgan fingerprint density at radius 1 is 0.925 bits per heavy atom. The van der Waals surface area contributed by atoms with Crippen LogP contribution >= 0.6 is 0 Å². The summed E-state index contributed by atoms with van der Waals surface area (Å²) in [5, 5.41) is 2.08. The van der Waals surface area contributed by atoms with Gasteiger partial charge in [-0.2, -0.15) is 13.2 Å². The minimum Gasteiger partial charge on any atom is -0.346 e. The molecule has 2 amide bonds. The Morgan fingerprint density at radius 3 is 2.45 bits per heavy atom. The molecular formula is C31H33F3N4O2. The number of fused-ring (bicyclic) bond motifs is 3. The topological polar surface area (TPSA) is 65.5 Å². The number of unbranched alkanes of at least 4 members (excludes halogenated alkanes) is 1. The van der Waals surface area contributed by atoms with Crippen LogP contribution in [0.1, 0.15) is 41.0 Å². The third-order valence-electron chi connectivity index (χ3n) is 7.73. The smallest absolute Gasteiger partial charge is 0.346 e. The summed E-state index contributed by atoms with van der Waals surface area (Å²) in [6.07, 6.45) is 2.11. The lowest BCUT2D eigenvalue weighted by molar-refractivity contribution is -0.138. The van der Waals surface area contributed by atoms with E-state index in [1.807, 2.05) is 53.4 Å². The first-order valence-electron chi connectivity index (χ1n) is 13.7. The Kier molecular flexibility index (Phi) is 8.49. The van der Waals surface area contributed by atoms with Gasteiger partial charge < -0.3 is 10.2 Å². The van der Waals surface area contributed by atoms with Gasteiger partial charge in [-0.15, -0.1) is 0 Å². The molecule has 2 aromatic carbocycles. The van der Waals surface area contributed by atoms with Gasteiger partial charge in [-0.25, -0.2) is 0 Å².